The second-order valence-electron chi connectivity index (χ2n) is 6.97. The SMILES string of the molecule is CCOC(=O)C1=C(C)N=c2s/c(=C\c3ccsc3)c(=O)n2[C@@H]1c1ccc(OC)cc1OC. The van der Waals surface area contributed by atoms with E-state index >= 15 is 0 Å². The van der Waals surface area contributed by atoms with E-state index in [0.29, 0.717) is 37.7 Å². The molecule has 1 aliphatic rings. The van der Waals surface area contributed by atoms with Crippen LogP contribution < -0.4 is 24.4 Å². The molecule has 0 saturated heterocycles. The molecule has 3 heterocycles. The van der Waals surface area contributed by atoms with E-state index in [1.54, 1.807) is 62.2 Å². The van der Waals surface area contributed by atoms with Crippen molar-refractivity contribution < 1.29 is 19.0 Å². The van der Waals surface area contributed by atoms with E-state index in [1.165, 1.54) is 11.3 Å². The van der Waals surface area contributed by atoms with Crippen LogP contribution in [0.4, 0.5) is 0 Å². The Balaban J connectivity index is 2.01. The van der Waals surface area contributed by atoms with Gasteiger partial charge >= 0.3 is 5.97 Å². The third-order valence-electron chi connectivity index (χ3n) is 5.09. The van der Waals surface area contributed by atoms with Crippen molar-refractivity contribution in [1.29, 1.82) is 0 Å². The van der Waals surface area contributed by atoms with Crippen LogP contribution in [0.15, 0.2) is 56.1 Å². The van der Waals surface area contributed by atoms with Crippen LogP contribution in [0.2, 0.25) is 0 Å². The van der Waals surface area contributed by atoms with Crippen molar-refractivity contribution in [3.05, 3.63) is 77.1 Å². The first-order chi connectivity index (χ1) is 15.5. The van der Waals surface area contributed by atoms with Gasteiger partial charge in [-0.3, -0.25) is 9.36 Å². The van der Waals surface area contributed by atoms with E-state index in [-0.39, 0.29) is 12.2 Å². The number of allylic oxidation sites excluding steroid dienone is 1. The third kappa shape index (κ3) is 3.89. The molecule has 0 unspecified atom stereocenters. The Labute approximate surface area is 192 Å². The molecule has 0 saturated carbocycles. The van der Waals surface area contributed by atoms with E-state index in [4.69, 9.17) is 14.2 Å². The summed E-state index contributed by atoms with van der Waals surface area (Å²) in [5.41, 5.74) is 2.19. The molecule has 0 spiro atoms. The van der Waals surface area contributed by atoms with Gasteiger partial charge in [0.15, 0.2) is 4.80 Å². The number of benzene rings is 1. The molecule has 0 N–H and O–H groups in total. The maximum Gasteiger partial charge on any atom is 0.338 e. The zero-order valence-corrected chi connectivity index (χ0v) is 19.7. The molecule has 0 radical (unpaired) electrons. The van der Waals surface area contributed by atoms with Crippen LogP contribution in [0, 0.1) is 0 Å². The van der Waals surface area contributed by atoms with Crippen LogP contribution in [-0.2, 0) is 9.53 Å². The normalized spacial score (nSPS) is 15.9. The smallest absolute Gasteiger partial charge is 0.338 e. The quantitative estimate of drug-likeness (QED) is 0.518. The van der Waals surface area contributed by atoms with E-state index in [2.05, 4.69) is 4.99 Å². The lowest BCUT2D eigenvalue weighted by molar-refractivity contribution is -0.139. The maximum atomic E-state index is 13.5. The summed E-state index contributed by atoms with van der Waals surface area (Å²) in [6, 6.07) is 6.51. The maximum absolute atomic E-state index is 13.5. The molecule has 1 aliphatic heterocycles. The summed E-state index contributed by atoms with van der Waals surface area (Å²) in [7, 11) is 3.11. The molecular formula is C23H22N2O5S2. The summed E-state index contributed by atoms with van der Waals surface area (Å²) < 4.78 is 18.3. The Morgan fingerprint density at radius 1 is 1.25 bits per heavy atom. The molecule has 0 amide bonds. The highest BCUT2D eigenvalue weighted by molar-refractivity contribution is 7.08. The van der Waals surface area contributed by atoms with Gasteiger partial charge in [0, 0.05) is 11.6 Å². The summed E-state index contributed by atoms with van der Waals surface area (Å²) in [4.78, 5) is 31.6. The lowest BCUT2D eigenvalue weighted by Crippen LogP contribution is -2.40. The van der Waals surface area contributed by atoms with E-state index in [9.17, 15) is 9.59 Å². The number of hydrogen-bond donors (Lipinski definition) is 0. The average Bonchev–Trinajstić information content (AvgIpc) is 3.40. The number of ether oxygens (including phenoxy) is 3. The fourth-order valence-corrected chi connectivity index (χ4v) is 5.30. The number of nitrogens with zero attached hydrogens (tertiary/aromatic N) is 2. The zero-order chi connectivity index (χ0) is 22.8. The molecular weight excluding hydrogens is 448 g/mol. The Morgan fingerprint density at radius 2 is 2.06 bits per heavy atom. The highest BCUT2D eigenvalue weighted by Crippen LogP contribution is 2.37. The lowest BCUT2D eigenvalue weighted by Gasteiger charge is -2.26. The Kier molecular flexibility index (Phi) is 6.29. The van der Waals surface area contributed by atoms with Crippen molar-refractivity contribution in [3.63, 3.8) is 0 Å². The highest BCUT2D eigenvalue weighted by atomic mass is 32.1. The fraction of sp³-hybridized carbons (Fsp3) is 0.261. The zero-order valence-electron chi connectivity index (χ0n) is 18.1. The minimum absolute atomic E-state index is 0.213. The number of fused-ring (bicyclic) bond motifs is 1. The van der Waals surface area contributed by atoms with Gasteiger partial charge in [-0.2, -0.15) is 11.3 Å². The molecule has 166 valence electrons. The van der Waals surface area contributed by atoms with Crippen molar-refractivity contribution in [1.82, 2.24) is 4.57 Å². The van der Waals surface area contributed by atoms with Gasteiger partial charge in [-0.05, 0) is 54.4 Å². The molecule has 2 aromatic heterocycles. The van der Waals surface area contributed by atoms with Gasteiger partial charge in [-0.25, -0.2) is 9.79 Å². The number of carbonyl (C=O) groups is 1. The average molecular weight is 471 g/mol. The molecule has 0 bridgehead atoms. The molecule has 32 heavy (non-hydrogen) atoms. The van der Waals surface area contributed by atoms with E-state index in [0.717, 1.165) is 5.56 Å². The summed E-state index contributed by atoms with van der Waals surface area (Å²) >= 11 is 2.85. The number of thiazole rings is 1. The van der Waals surface area contributed by atoms with Gasteiger partial charge in [-0.15, -0.1) is 0 Å². The Morgan fingerprint density at radius 3 is 2.72 bits per heavy atom. The molecule has 0 aliphatic carbocycles. The van der Waals surface area contributed by atoms with Crippen LogP contribution in [0.1, 0.15) is 31.0 Å². The predicted octanol–water partition coefficient (Wildman–Crippen LogP) is 2.88. The first-order valence-corrected chi connectivity index (χ1v) is 11.7. The first-order valence-electron chi connectivity index (χ1n) is 9.92. The number of hydrogen-bond acceptors (Lipinski definition) is 8. The number of rotatable bonds is 6. The minimum atomic E-state index is -0.740. The van der Waals surface area contributed by atoms with Crippen LogP contribution in [0.25, 0.3) is 6.08 Å². The number of carbonyl (C=O) groups excluding carboxylic acids is 1. The van der Waals surface area contributed by atoms with Crippen molar-refractivity contribution in [2.75, 3.05) is 20.8 Å². The number of thiophene rings is 1. The van der Waals surface area contributed by atoms with Crippen molar-refractivity contribution in [2.45, 2.75) is 19.9 Å². The predicted molar refractivity (Wildman–Crippen MR) is 124 cm³/mol. The largest absolute Gasteiger partial charge is 0.497 e. The first kappa shape index (κ1) is 22.0. The Hall–Kier alpha value is -3.17. The second-order valence-corrected chi connectivity index (χ2v) is 8.76. The molecule has 3 aromatic rings. The van der Waals surface area contributed by atoms with Crippen LogP contribution in [-0.4, -0.2) is 31.4 Å². The van der Waals surface area contributed by atoms with Crippen LogP contribution >= 0.6 is 22.7 Å². The van der Waals surface area contributed by atoms with Crippen molar-refractivity contribution >= 4 is 34.7 Å². The topological polar surface area (TPSA) is 79.1 Å². The van der Waals surface area contributed by atoms with E-state index < -0.39 is 12.0 Å². The molecule has 9 heteroatoms. The lowest BCUT2D eigenvalue weighted by atomic mass is 9.95. The standard InChI is InChI=1S/C23H22N2O5S2/c1-5-30-22(27)19-13(2)24-23-25(21(26)18(32-23)10-14-8-9-31-12-14)20(19)16-7-6-15(28-3)11-17(16)29-4/h6-12,20H,5H2,1-4H3/b18-10-/t20-/m1/s1. The minimum Gasteiger partial charge on any atom is -0.497 e. The molecule has 1 aromatic carbocycles. The van der Waals surface area contributed by atoms with Crippen LogP contribution in [0.5, 0.6) is 11.5 Å². The summed E-state index contributed by atoms with van der Waals surface area (Å²) in [6.07, 6.45) is 1.84. The fourth-order valence-electron chi connectivity index (χ4n) is 3.64. The van der Waals surface area contributed by atoms with Gasteiger partial charge in [0.1, 0.15) is 17.5 Å². The van der Waals surface area contributed by atoms with Gasteiger partial charge < -0.3 is 14.2 Å². The number of methoxy groups -OCH3 is 2. The van der Waals surface area contributed by atoms with E-state index in [1.807, 2.05) is 22.9 Å². The van der Waals surface area contributed by atoms with Gasteiger partial charge in [0.2, 0.25) is 0 Å². The van der Waals surface area contributed by atoms with Crippen LogP contribution in [0.3, 0.4) is 0 Å². The van der Waals surface area contributed by atoms with Gasteiger partial charge in [-0.1, -0.05) is 11.3 Å². The van der Waals surface area contributed by atoms with Crippen molar-refractivity contribution in [2.24, 2.45) is 4.99 Å². The molecule has 4 rings (SSSR count). The molecule has 1 atom stereocenters. The molecule has 0 fully saturated rings. The third-order valence-corrected chi connectivity index (χ3v) is 6.78. The highest BCUT2D eigenvalue weighted by Gasteiger charge is 2.35. The Bertz CT molecular complexity index is 1370. The molecule has 7 nitrogen and oxygen atoms in total. The second kappa shape index (κ2) is 9.13. The number of aromatic nitrogens is 1. The monoisotopic (exact) mass is 470 g/mol. The van der Waals surface area contributed by atoms with Gasteiger partial charge in [0.25, 0.3) is 5.56 Å². The summed E-state index contributed by atoms with van der Waals surface area (Å²) in [6.45, 7) is 3.71. The summed E-state index contributed by atoms with van der Waals surface area (Å²) in [5, 5.41) is 3.93. The van der Waals surface area contributed by atoms with Crippen molar-refractivity contribution in [3.8, 4) is 11.5 Å². The number of esters is 1. The van der Waals surface area contributed by atoms with Gasteiger partial charge in [0.05, 0.1) is 36.6 Å². The summed E-state index contributed by atoms with van der Waals surface area (Å²) in [5.74, 6) is 0.593.